The van der Waals surface area contributed by atoms with E-state index in [1.807, 2.05) is 6.08 Å². The Kier molecular flexibility index (Phi) is 4.30. The molecule has 0 radical (unpaired) electrons. The third-order valence-electron chi connectivity index (χ3n) is 4.40. The van der Waals surface area contributed by atoms with Gasteiger partial charge in [0.2, 0.25) is 0 Å². The Hall–Kier alpha value is -2.20. The highest BCUT2D eigenvalue weighted by molar-refractivity contribution is 7.19. The fourth-order valence-corrected chi connectivity index (χ4v) is 3.96. The molecule has 2 nitrogen and oxygen atoms in total. The van der Waals surface area contributed by atoms with Gasteiger partial charge in [0.25, 0.3) is 0 Å². The lowest BCUT2D eigenvalue weighted by atomic mass is 10.1. The number of aromatic nitrogens is 1. The summed E-state index contributed by atoms with van der Waals surface area (Å²) in [5, 5.41) is 0.899. The van der Waals surface area contributed by atoms with Crippen LogP contribution in [0.15, 0.2) is 42.5 Å². The summed E-state index contributed by atoms with van der Waals surface area (Å²) in [7, 11) is 0. The Balaban J connectivity index is 1.50. The van der Waals surface area contributed by atoms with Crippen LogP contribution in [0.3, 0.4) is 0 Å². The second-order valence-corrected chi connectivity index (χ2v) is 7.20. The molecule has 1 fully saturated rings. The van der Waals surface area contributed by atoms with Gasteiger partial charge in [-0.1, -0.05) is 18.2 Å². The zero-order valence-electron chi connectivity index (χ0n) is 13.4. The van der Waals surface area contributed by atoms with E-state index in [0.717, 1.165) is 33.9 Å². The van der Waals surface area contributed by atoms with E-state index >= 15 is 0 Å². The standard InChI is InChI=1S/C20H19FN2S/c21-16-7-10-19-18(14-16)22-20(24-19)11-6-15-4-8-17(9-5-15)23-12-2-1-3-13-23/h4-11,14H,1-3,12-13H2. The number of nitrogens with zero attached hydrogens (tertiary/aromatic N) is 2. The zero-order valence-corrected chi connectivity index (χ0v) is 14.2. The molecule has 0 spiro atoms. The molecule has 24 heavy (non-hydrogen) atoms. The third-order valence-corrected chi connectivity index (χ3v) is 5.40. The van der Waals surface area contributed by atoms with Gasteiger partial charge < -0.3 is 4.90 Å². The maximum Gasteiger partial charge on any atom is 0.125 e. The minimum atomic E-state index is -0.239. The molecule has 1 aromatic heterocycles. The van der Waals surface area contributed by atoms with Crippen LogP contribution in [-0.2, 0) is 0 Å². The summed E-state index contributed by atoms with van der Waals surface area (Å²) in [6, 6.07) is 13.4. The van der Waals surface area contributed by atoms with Gasteiger partial charge in [-0.2, -0.15) is 0 Å². The van der Waals surface area contributed by atoms with Crippen LogP contribution in [0.5, 0.6) is 0 Å². The van der Waals surface area contributed by atoms with E-state index in [2.05, 4.69) is 40.2 Å². The van der Waals surface area contributed by atoms with Crippen molar-refractivity contribution in [3.8, 4) is 0 Å². The fraction of sp³-hybridized carbons (Fsp3) is 0.250. The molecule has 1 aliphatic rings. The van der Waals surface area contributed by atoms with Crippen molar-refractivity contribution in [2.75, 3.05) is 18.0 Å². The molecular weight excluding hydrogens is 319 g/mol. The number of benzene rings is 2. The maximum atomic E-state index is 13.2. The minimum absolute atomic E-state index is 0.239. The molecule has 0 atom stereocenters. The molecule has 0 unspecified atom stereocenters. The van der Waals surface area contributed by atoms with Gasteiger partial charge >= 0.3 is 0 Å². The Labute approximate surface area is 145 Å². The number of rotatable bonds is 3. The molecule has 1 saturated heterocycles. The van der Waals surface area contributed by atoms with Crippen LogP contribution in [0.25, 0.3) is 22.4 Å². The van der Waals surface area contributed by atoms with Crippen LogP contribution in [0, 0.1) is 5.82 Å². The molecule has 4 heteroatoms. The monoisotopic (exact) mass is 338 g/mol. The van der Waals surface area contributed by atoms with Gasteiger partial charge in [-0.05, 0) is 55.2 Å². The molecule has 2 heterocycles. The predicted molar refractivity (Wildman–Crippen MR) is 101 cm³/mol. The molecule has 0 N–H and O–H groups in total. The van der Waals surface area contributed by atoms with Crippen molar-refractivity contribution >= 4 is 39.4 Å². The normalized spacial score (nSPS) is 15.5. The number of piperidine rings is 1. The first-order chi connectivity index (χ1) is 11.8. The highest BCUT2D eigenvalue weighted by Gasteiger charge is 2.10. The lowest BCUT2D eigenvalue weighted by molar-refractivity contribution is 0.578. The molecular formula is C20H19FN2S. The Morgan fingerprint density at radius 1 is 0.958 bits per heavy atom. The lowest BCUT2D eigenvalue weighted by Gasteiger charge is -2.28. The third kappa shape index (κ3) is 3.34. The average Bonchev–Trinajstić information content (AvgIpc) is 3.03. The SMILES string of the molecule is Fc1ccc2sc(C=Cc3ccc(N4CCCCC4)cc3)nc2c1. The Morgan fingerprint density at radius 3 is 2.54 bits per heavy atom. The zero-order chi connectivity index (χ0) is 16.4. The second kappa shape index (κ2) is 6.73. The second-order valence-electron chi connectivity index (χ2n) is 6.14. The van der Waals surface area contributed by atoms with E-state index in [9.17, 15) is 4.39 Å². The smallest absolute Gasteiger partial charge is 0.125 e. The van der Waals surface area contributed by atoms with E-state index in [1.165, 1.54) is 37.1 Å². The number of hydrogen-bond donors (Lipinski definition) is 0. The van der Waals surface area contributed by atoms with Crippen molar-refractivity contribution in [3.63, 3.8) is 0 Å². The summed E-state index contributed by atoms with van der Waals surface area (Å²) < 4.78 is 14.2. The molecule has 0 amide bonds. The van der Waals surface area contributed by atoms with Gasteiger partial charge in [-0.3, -0.25) is 0 Å². The molecule has 122 valence electrons. The van der Waals surface area contributed by atoms with Crippen molar-refractivity contribution in [2.45, 2.75) is 19.3 Å². The van der Waals surface area contributed by atoms with E-state index < -0.39 is 0 Å². The van der Waals surface area contributed by atoms with Crippen molar-refractivity contribution < 1.29 is 4.39 Å². The maximum absolute atomic E-state index is 13.2. The summed E-state index contributed by atoms with van der Waals surface area (Å²) in [6.45, 7) is 2.33. The highest BCUT2D eigenvalue weighted by atomic mass is 32.1. The average molecular weight is 338 g/mol. The summed E-state index contributed by atoms with van der Waals surface area (Å²) in [4.78, 5) is 6.92. The number of thiazole rings is 1. The Bertz CT molecular complexity index is 861. The molecule has 3 aromatic rings. The molecule has 1 aliphatic heterocycles. The van der Waals surface area contributed by atoms with Gasteiger partial charge in [0, 0.05) is 24.8 Å². The summed E-state index contributed by atoms with van der Waals surface area (Å²) in [6.07, 6.45) is 8.00. The van der Waals surface area contributed by atoms with Crippen LogP contribution in [-0.4, -0.2) is 18.1 Å². The number of halogens is 1. The van der Waals surface area contributed by atoms with Crippen LogP contribution in [0.1, 0.15) is 29.8 Å². The Morgan fingerprint density at radius 2 is 1.75 bits per heavy atom. The van der Waals surface area contributed by atoms with Gasteiger partial charge in [0.05, 0.1) is 10.2 Å². The van der Waals surface area contributed by atoms with Crippen molar-refractivity contribution in [1.29, 1.82) is 0 Å². The fourth-order valence-electron chi connectivity index (χ4n) is 3.11. The molecule has 0 saturated carbocycles. The lowest BCUT2D eigenvalue weighted by Crippen LogP contribution is -2.29. The van der Waals surface area contributed by atoms with Gasteiger partial charge in [0.15, 0.2) is 0 Å². The molecule has 4 rings (SSSR count). The van der Waals surface area contributed by atoms with E-state index in [4.69, 9.17) is 0 Å². The van der Waals surface area contributed by atoms with Crippen LogP contribution in [0.4, 0.5) is 10.1 Å². The first-order valence-corrected chi connectivity index (χ1v) is 9.19. The first-order valence-electron chi connectivity index (χ1n) is 8.37. The highest BCUT2D eigenvalue weighted by Crippen LogP contribution is 2.25. The quantitative estimate of drug-likeness (QED) is 0.618. The van der Waals surface area contributed by atoms with Crippen LogP contribution >= 0.6 is 11.3 Å². The van der Waals surface area contributed by atoms with Gasteiger partial charge in [-0.15, -0.1) is 11.3 Å². The van der Waals surface area contributed by atoms with Gasteiger partial charge in [0.1, 0.15) is 10.8 Å². The predicted octanol–water partition coefficient (Wildman–Crippen LogP) is 5.60. The largest absolute Gasteiger partial charge is 0.372 e. The summed E-state index contributed by atoms with van der Waals surface area (Å²) in [5.74, 6) is -0.239. The summed E-state index contributed by atoms with van der Waals surface area (Å²) in [5.41, 5.74) is 3.18. The minimum Gasteiger partial charge on any atom is -0.372 e. The van der Waals surface area contributed by atoms with Crippen LogP contribution in [0.2, 0.25) is 0 Å². The summed E-state index contributed by atoms with van der Waals surface area (Å²) >= 11 is 1.58. The number of anilines is 1. The van der Waals surface area contributed by atoms with Crippen molar-refractivity contribution in [2.24, 2.45) is 0 Å². The van der Waals surface area contributed by atoms with E-state index in [-0.39, 0.29) is 5.82 Å². The van der Waals surface area contributed by atoms with Crippen molar-refractivity contribution in [3.05, 3.63) is 58.9 Å². The van der Waals surface area contributed by atoms with E-state index in [1.54, 1.807) is 17.4 Å². The first kappa shape index (κ1) is 15.3. The molecule has 0 bridgehead atoms. The molecule has 0 aliphatic carbocycles. The van der Waals surface area contributed by atoms with Crippen molar-refractivity contribution in [1.82, 2.24) is 4.98 Å². The topological polar surface area (TPSA) is 16.1 Å². The van der Waals surface area contributed by atoms with E-state index in [0.29, 0.717) is 0 Å². The van der Waals surface area contributed by atoms with Crippen LogP contribution < -0.4 is 4.90 Å². The number of fused-ring (bicyclic) bond motifs is 1. The molecule has 2 aromatic carbocycles. The van der Waals surface area contributed by atoms with Gasteiger partial charge in [-0.25, -0.2) is 9.37 Å². The number of hydrogen-bond acceptors (Lipinski definition) is 3.